The summed E-state index contributed by atoms with van der Waals surface area (Å²) in [6, 6.07) is 8.71. The maximum Gasteiger partial charge on any atom is 0.408 e. The van der Waals surface area contributed by atoms with Crippen LogP contribution in [-0.2, 0) is 20.7 Å². The van der Waals surface area contributed by atoms with Gasteiger partial charge in [0, 0.05) is 6.42 Å². The molecule has 0 radical (unpaired) electrons. The summed E-state index contributed by atoms with van der Waals surface area (Å²) in [4.78, 5) is 24.0. The molecule has 132 valence electrons. The Bertz CT molecular complexity index is 501. The Balaban J connectivity index is 2.56. The summed E-state index contributed by atoms with van der Waals surface area (Å²) < 4.78 is 10.2. The number of nitrogens with one attached hydrogen (secondary N) is 1. The van der Waals surface area contributed by atoms with Gasteiger partial charge in [0.05, 0.1) is 6.61 Å². The van der Waals surface area contributed by atoms with Crippen molar-refractivity contribution in [2.24, 2.45) is 0 Å². The Morgan fingerprint density at radius 2 is 1.92 bits per heavy atom. The van der Waals surface area contributed by atoms with E-state index >= 15 is 0 Å². The molecule has 1 rings (SSSR count). The molecule has 0 aliphatic heterocycles. The smallest absolute Gasteiger partial charge is 0.408 e. The number of alkyl carbamates (subject to hydrolysis) is 1. The van der Waals surface area contributed by atoms with Crippen LogP contribution in [0.4, 0.5) is 4.79 Å². The van der Waals surface area contributed by atoms with E-state index in [1.165, 1.54) is 6.08 Å². The van der Waals surface area contributed by atoms with E-state index in [-0.39, 0.29) is 6.61 Å². The summed E-state index contributed by atoms with van der Waals surface area (Å²) in [6.45, 7) is 6.07. The first-order chi connectivity index (χ1) is 11.7. The molecule has 0 heterocycles. The van der Waals surface area contributed by atoms with Crippen molar-refractivity contribution >= 4 is 12.1 Å². The van der Waals surface area contributed by atoms with Gasteiger partial charge in [-0.3, -0.25) is 0 Å². The van der Waals surface area contributed by atoms with Crippen LogP contribution in [0.3, 0.4) is 0 Å². The maximum atomic E-state index is 12.3. The third-order valence-electron chi connectivity index (χ3n) is 3.43. The summed E-state index contributed by atoms with van der Waals surface area (Å²) >= 11 is 0. The molecule has 1 N–H and O–H groups in total. The first-order valence-corrected chi connectivity index (χ1v) is 8.42. The second-order valence-corrected chi connectivity index (χ2v) is 5.50. The number of carbonyl (C=O) groups excluding carboxylic acids is 2. The molecular formula is C19H27NO4. The van der Waals surface area contributed by atoms with Gasteiger partial charge in [0.15, 0.2) is 0 Å². The SMILES string of the molecule is C=CCOC(=O)N[C@@H](Cc1ccccc1)C(=O)OCCCCCC. The lowest BCUT2D eigenvalue weighted by molar-refractivity contribution is -0.146. The minimum absolute atomic E-state index is 0.0932. The van der Waals surface area contributed by atoms with Crippen molar-refractivity contribution in [2.45, 2.75) is 45.1 Å². The van der Waals surface area contributed by atoms with Crippen LogP contribution in [0.25, 0.3) is 0 Å². The molecule has 0 aliphatic rings. The van der Waals surface area contributed by atoms with Crippen molar-refractivity contribution in [3.8, 4) is 0 Å². The monoisotopic (exact) mass is 333 g/mol. The highest BCUT2D eigenvalue weighted by atomic mass is 16.6. The van der Waals surface area contributed by atoms with Gasteiger partial charge < -0.3 is 14.8 Å². The molecule has 1 amide bonds. The Kier molecular flexibility index (Phi) is 10.0. The van der Waals surface area contributed by atoms with Crippen molar-refractivity contribution in [1.29, 1.82) is 0 Å². The molecule has 1 aromatic rings. The van der Waals surface area contributed by atoms with E-state index in [1.54, 1.807) is 0 Å². The lowest BCUT2D eigenvalue weighted by Gasteiger charge is -2.17. The number of unbranched alkanes of at least 4 members (excludes halogenated alkanes) is 3. The second kappa shape index (κ2) is 12.2. The highest BCUT2D eigenvalue weighted by Crippen LogP contribution is 2.06. The highest BCUT2D eigenvalue weighted by molar-refractivity contribution is 5.81. The van der Waals surface area contributed by atoms with Gasteiger partial charge in [-0.15, -0.1) is 0 Å². The van der Waals surface area contributed by atoms with Crippen LogP contribution in [-0.4, -0.2) is 31.3 Å². The van der Waals surface area contributed by atoms with Crippen LogP contribution >= 0.6 is 0 Å². The Hall–Kier alpha value is -2.30. The third-order valence-corrected chi connectivity index (χ3v) is 3.43. The number of carbonyl (C=O) groups is 2. The van der Waals surface area contributed by atoms with E-state index in [9.17, 15) is 9.59 Å². The number of amides is 1. The fraction of sp³-hybridized carbons (Fsp3) is 0.474. The van der Waals surface area contributed by atoms with Crippen molar-refractivity contribution in [3.63, 3.8) is 0 Å². The van der Waals surface area contributed by atoms with Crippen LogP contribution in [0.1, 0.15) is 38.2 Å². The number of ether oxygens (including phenoxy) is 2. The van der Waals surface area contributed by atoms with Crippen LogP contribution in [0.5, 0.6) is 0 Å². The van der Waals surface area contributed by atoms with Crippen molar-refractivity contribution in [1.82, 2.24) is 5.32 Å². The predicted molar refractivity (Wildman–Crippen MR) is 93.7 cm³/mol. The zero-order valence-electron chi connectivity index (χ0n) is 14.3. The molecule has 5 nitrogen and oxygen atoms in total. The molecule has 0 fully saturated rings. The molecule has 0 aromatic heterocycles. The zero-order chi connectivity index (χ0) is 17.6. The van der Waals surface area contributed by atoms with E-state index in [4.69, 9.17) is 9.47 Å². The summed E-state index contributed by atoms with van der Waals surface area (Å²) in [5, 5.41) is 2.57. The van der Waals surface area contributed by atoms with E-state index in [0.717, 1.165) is 31.2 Å². The normalized spacial score (nSPS) is 11.4. The van der Waals surface area contributed by atoms with Crippen molar-refractivity contribution in [3.05, 3.63) is 48.6 Å². The number of hydrogen-bond donors (Lipinski definition) is 1. The van der Waals surface area contributed by atoms with Crippen LogP contribution in [0.15, 0.2) is 43.0 Å². The Morgan fingerprint density at radius 1 is 1.17 bits per heavy atom. The lowest BCUT2D eigenvalue weighted by atomic mass is 10.1. The lowest BCUT2D eigenvalue weighted by Crippen LogP contribution is -2.43. The molecule has 0 spiro atoms. The summed E-state index contributed by atoms with van der Waals surface area (Å²) in [5.74, 6) is -0.439. The minimum Gasteiger partial charge on any atom is -0.464 e. The fourth-order valence-corrected chi connectivity index (χ4v) is 2.16. The average molecular weight is 333 g/mol. The molecule has 0 aliphatic carbocycles. The van der Waals surface area contributed by atoms with Crippen LogP contribution in [0.2, 0.25) is 0 Å². The van der Waals surface area contributed by atoms with Crippen LogP contribution < -0.4 is 5.32 Å². The van der Waals surface area contributed by atoms with Crippen molar-refractivity contribution < 1.29 is 19.1 Å². The predicted octanol–water partition coefficient (Wildman–Crippen LogP) is 3.63. The number of rotatable bonds is 11. The van der Waals surface area contributed by atoms with Gasteiger partial charge in [0.2, 0.25) is 0 Å². The first-order valence-electron chi connectivity index (χ1n) is 8.42. The van der Waals surface area contributed by atoms with E-state index in [0.29, 0.717) is 13.0 Å². The van der Waals surface area contributed by atoms with Gasteiger partial charge >= 0.3 is 12.1 Å². The number of benzene rings is 1. The van der Waals surface area contributed by atoms with Gasteiger partial charge in [0.1, 0.15) is 12.6 Å². The van der Waals surface area contributed by atoms with Gasteiger partial charge in [0.25, 0.3) is 0 Å². The van der Waals surface area contributed by atoms with E-state index in [1.807, 2.05) is 30.3 Å². The van der Waals surface area contributed by atoms with Gasteiger partial charge in [-0.2, -0.15) is 0 Å². The summed E-state index contributed by atoms with van der Waals surface area (Å²) in [7, 11) is 0. The molecule has 0 unspecified atom stereocenters. The number of esters is 1. The molecule has 5 heteroatoms. The molecule has 1 atom stereocenters. The zero-order valence-corrected chi connectivity index (χ0v) is 14.3. The van der Waals surface area contributed by atoms with Crippen LogP contribution in [0, 0.1) is 0 Å². The second-order valence-electron chi connectivity index (χ2n) is 5.50. The average Bonchev–Trinajstić information content (AvgIpc) is 2.60. The molecular weight excluding hydrogens is 306 g/mol. The summed E-state index contributed by atoms with van der Waals surface area (Å²) in [5.41, 5.74) is 0.939. The van der Waals surface area contributed by atoms with E-state index in [2.05, 4.69) is 18.8 Å². The molecule has 0 saturated carbocycles. The van der Waals surface area contributed by atoms with Gasteiger partial charge in [-0.25, -0.2) is 9.59 Å². The van der Waals surface area contributed by atoms with Gasteiger partial charge in [-0.1, -0.05) is 69.2 Å². The standard InChI is InChI=1S/C19H27NO4/c1-3-5-6-10-14-23-18(21)17(20-19(22)24-13-4-2)15-16-11-8-7-9-12-16/h4,7-9,11-12,17H,2-3,5-6,10,13-15H2,1H3,(H,20,22)/t17-/m0/s1. The topological polar surface area (TPSA) is 64.6 Å². The molecule has 0 saturated heterocycles. The Labute approximate surface area is 144 Å². The largest absolute Gasteiger partial charge is 0.464 e. The maximum absolute atomic E-state index is 12.3. The van der Waals surface area contributed by atoms with Gasteiger partial charge in [-0.05, 0) is 12.0 Å². The minimum atomic E-state index is -0.768. The Morgan fingerprint density at radius 3 is 2.58 bits per heavy atom. The molecule has 24 heavy (non-hydrogen) atoms. The quantitative estimate of drug-likeness (QED) is 0.381. The van der Waals surface area contributed by atoms with Crippen molar-refractivity contribution in [2.75, 3.05) is 13.2 Å². The van der Waals surface area contributed by atoms with E-state index < -0.39 is 18.1 Å². The summed E-state index contributed by atoms with van der Waals surface area (Å²) in [6.07, 6.45) is 5.29. The fourth-order valence-electron chi connectivity index (χ4n) is 2.16. The highest BCUT2D eigenvalue weighted by Gasteiger charge is 2.23. The first kappa shape index (κ1) is 19.7. The molecule has 1 aromatic carbocycles. The number of hydrogen-bond acceptors (Lipinski definition) is 4. The third kappa shape index (κ3) is 8.36. The molecule has 0 bridgehead atoms.